The summed E-state index contributed by atoms with van der Waals surface area (Å²) >= 11 is 8.50. The first-order valence-electron chi connectivity index (χ1n) is 8.11. The minimum atomic E-state index is -0.470. The number of nitro benzene ring substituents is 1. The van der Waals surface area contributed by atoms with Gasteiger partial charge in [-0.2, -0.15) is 0 Å². The highest BCUT2D eigenvalue weighted by atomic mass is 79.9. The second-order valence-corrected chi connectivity index (χ2v) is 6.92. The zero-order valence-electron chi connectivity index (χ0n) is 14.7. The van der Waals surface area contributed by atoms with Crippen molar-refractivity contribution >= 4 is 50.5 Å². The zero-order chi connectivity index (χ0) is 20.0. The number of nitrogens with zero attached hydrogens (tertiary/aromatic N) is 1. The molecule has 1 amide bonds. The van der Waals surface area contributed by atoms with E-state index in [0.717, 1.165) is 6.42 Å². The van der Waals surface area contributed by atoms with Gasteiger partial charge in [-0.25, -0.2) is 0 Å². The second-order valence-electron chi connectivity index (χ2n) is 5.66. The molecule has 2 rings (SSSR count). The molecule has 27 heavy (non-hydrogen) atoms. The molecule has 0 bridgehead atoms. The number of hydrogen-bond donors (Lipinski definition) is 2. The molecule has 0 atom stereocenters. The van der Waals surface area contributed by atoms with Crippen molar-refractivity contribution in [2.45, 2.75) is 20.3 Å². The second kappa shape index (κ2) is 9.43. The van der Waals surface area contributed by atoms with Crippen molar-refractivity contribution < 1.29 is 14.5 Å². The van der Waals surface area contributed by atoms with Crippen LogP contribution in [-0.2, 0) is 0 Å². The van der Waals surface area contributed by atoms with Crippen molar-refractivity contribution in [2.75, 3.05) is 11.9 Å². The summed E-state index contributed by atoms with van der Waals surface area (Å²) < 4.78 is 6.21. The smallest absolute Gasteiger partial charge is 0.274 e. The number of carbonyl (C=O) groups excluding carboxylic acids is 1. The van der Waals surface area contributed by atoms with Crippen molar-refractivity contribution in [2.24, 2.45) is 0 Å². The Bertz CT molecular complexity index is 889. The number of nitro groups is 1. The van der Waals surface area contributed by atoms with E-state index in [2.05, 4.69) is 26.6 Å². The normalized spacial score (nSPS) is 10.2. The molecule has 2 N–H and O–H groups in total. The number of carbonyl (C=O) groups is 1. The average Bonchev–Trinajstić information content (AvgIpc) is 2.61. The van der Waals surface area contributed by atoms with Gasteiger partial charge in [0.25, 0.3) is 11.6 Å². The summed E-state index contributed by atoms with van der Waals surface area (Å²) in [5, 5.41) is 16.4. The Morgan fingerprint density at radius 1 is 1.30 bits per heavy atom. The van der Waals surface area contributed by atoms with Crippen LogP contribution >= 0.6 is 28.1 Å². The largest absolute Gasteiger partial charge is 0.492 e. The fourth-order valence-electron chi connectivity index (χ4n) is 2.19. The van der Waals surface area contributed by atoms with E-state index >= 15 is 0 Å². The standard InChI is InChI=1S/C18H18BrN3O4S/c1-3-8-26-16-7-5-12(9-14(16)19)17(23)21-18(27)20-13-6-4-11(2)15(10-13)22(24)25/h4-7,9-10H,3,8H2,1-2H3,(H2,20,21,23,27). The van der Waals surface area contributed by atoms with E-state index in [1.54, 1.807) is 37.3 Å². The summed E-state index contributed by atoms with van der Waals surface area (Å²) in [4.78, 5) is 22.9. The molecule has 142 valence electrons. The lowest BCUT2D eigenvalue weighted by atomic mass is 10.2. The maximum atomic E-state index is 12.3. The van der Waals surface area contributed by atoms with Gasteiger partial charge in [0, 0.05) is 22.9 Å². The molecule has 0 aromatic heterocycles. The van der Waals surface area contributed by atoms with Crippen molar-refractivity contribution in [3.05, 3.63) is 62.1 Å². The van der Waals surface area contributed by atoms with E-state index in [1.807, 2.05) is 6.92 Å². The third-order valence-corrected chi connectivity index (χ3v) is 4.37. The SMILES string of the molecule is CCCOc1ccc(C(=O)NC(=S)Nc2ccc(C)c([N+](=O)[O-])c2)cc1Br. The lowest BCUT2D eigenvalue weighted by Crippen LogP contribution is -2.34. The maximum Gasteiger partial charge on any atom is 0.274 e. The Morgan fingerprint density at radius 3 is 2.67 bits per heavy atom. The Morgan fingerprint density at radius 2 is 2.04 bits per heavy atom. The molecular weight excluding hydrogens is 434 g/mol. The van der Waals surface area contributed by atoms with Crippen molar-refractivity contribution in [3.63, 3.8) is 0 Å². The van der Waals surface area contributed by atoms with Gasteiger partial charge in [-0.05, 0) is 65.8 Å². The molecule has 0 fully saturated rings. The molecule has 0 radical (unpaired) electrons. The van der Waals surface area contributed by atoms with Crippen LogP contribution in [0.2, 0.25) is 0 Å². The number of thiocarbonyl (C=S) groups is 1. The van der Waals surface area contributed by atoms with Crippen LogP contribution in [0.1, 0.15) is 29.3 Å². The number of ether oxygens (including phenoxy) is 1. The summed E-state index contributed by atoms with van der Waals surface area (Å²) in [6.45, 7) is 4.24. The van der Waals surface area contributed by atoms with Crippen molar-refractivity contribution in [3.8, 4) is 5.75 Å². The number of nitrogens with one attached hydrogen (secondary N) is 2. The molecule has 0 unspecified atom stereocenters. The number of anilines is 1. The third kappa shape index (κ3) is 5.73. The summed E-state index contributed by atoms with van der Waals surface area (Å²) in [5.41, 5.74) is 1.32. The zero-order valence-corrected chi connectivity index (χ0v) is 17.1. The van der Waals surface area contributed by atoms with Gasteiger partial charge in [-0.3, -0.25) is 20.2 Å². The predicted molar refractivity (Wildman–Crippen MR) is 111 cm³/mol. The summed E-state index contributed by atoms with van der Waals surface area (Å²) in [5.74, 6) is 0.248. The van der Waals surface area contributed by atoms with E-state index in [9.17, 15) is 14.9 Å². The van der Waals surface area contributed by atoms with Crippen LogP contribution in [0, 0.1) is 17.0 Å². The van der Waals surface area contributed by atoms with E-state index in [4.69, 9.17) is 17.0 Å². The van der Waals surface area contributed by atoms with Crippen LogP contribution in [-0.4, -0.2) is 22.5 Å². The molecule has 0 saturated carbocycles. The molecule has 0 aliphatic rings. The Balaban J connectivity index is 2.03. The van der Waals surface area contributed by atoms with Gasteiger partial charge in [-0.1, -0.05) is 13.0 Å². The predicted octanol–water partition coefficient (Wildman–Crippen LogP) is 4.58. The van der Waals surface area contributed by atoms with Crippen molar-refractivity contribution in [1.82, 2.24) is 5.32 Å². The fourth-order valence-corrected chi connectivity index (χ4v) is 2.90. The molecule has 2 aromatic carbocycles. The molecule has 2 aromatic rings. The molecule has 0 heterocycles. The van der Waals surface area contributed by atoms with Gasteiger partial charge < -0.3 is 10.1 Å². The first-order valence-corrected chi connectivity index (χ1v) is 9.31. The average molecular weight is 452 g/mol. The summed E-state index contributed by atoms with van der Waals surface area (Å²) in [6, 6.07) is 9.59. The van der Waals surface area contributed by atoms with Crippen LogP contribution in [0.3, 0.4) is 0 Å². The molecule has 7 nitrogen and oxygen atoms in total. The van der Waals surface area contributed by atoms with Crippen LogP contribution in [0.4, 0.5) is 11.4 Å². The number of hydrogen-bond acceptors (Lipinski definition) is 5. The minimum absolute atomic E-state index is 0.0271. The van der Waals surface area contributed by atoms with E-state index < -0.39 is 10.8 Å². The number of aryl methyl sites for hydroxylation is 1. The van der Waals surface area contributed by atoms with Gasteiger partial charge in [0.15, 0.2) is 5.11 Å². The Kier molecular flexibility index (Phi) is 7.26. The van der Waals surface area contributed by atoms with Crippen LogP contribution < -0.4 is 15.4 Å². The molecule has 0 aliphatic carbocycles. The van der Waals surface area contributed by atoms with Gasteiger partial charge in [-0.15, -0.1) is 0 Å². The molecular formula is C18H18BrN3O4S. The van der Waals surface area contributed by atoms with E-state index in [0.29, 0.717) is 33.6 Å². The lowest BCUT2D eigenvalue weighted by Gasteiger charge is -2.11. The van der Waals surface area contributed by atoms with Crippen molar-refractivity contribution in [1.29, 1.82) is 0 Å². The highest BCUT2D eigenvalue weighted by molar-refractivity contribution is 9.10. The Labute approximate surface area is 170 Å². The molecule has 0 spiro atoms. The highest BCUT2D eigenvalue weighted by Gasteiger charge is 2.14. The summed E-state index contributed by atoms with van der Waals surface area (Å²) in [7, 11) is 0. The van der Waals surface area contributed by atoms with Gasteiger partial charge in [0.1, 0.15) is 5.75 Å². The van der Waals surface area contributed by atoms with E-state index in [-0.39, 0.29) is 10.8 Å². The first kappa shape index (κ1) is 20.8. The van der Waals surface area contributed by atoms with Gasteiger partial charge in [0.2, 0.25) is 0 Å². The Hall–Kier alpha value is -2.52. The van der Waals surface area contributed by atoms with E-state index in [1.165, 1.54) is 6.07 Å². The molecule has 0 saturated heterocycles. The number of amides is 1. The fraction of sp³-hybridized carbons (Fsp3) is 0.222. The molecule has 0 aliphatic heterocycles. The lowest BCUT2D eigenvalue weighted by molar-refractivity contribution is -0.385. The topological polar surface area (TPSA) is 93.5 Å². The van der Waals surface area contributed by atoms with Gasteiger partial charge in [0.05, 0.1) is 16.0 Å². The molecule has 9 heteroatoms. The number of rotatable bonds is 6. The summed E-state index contributed by atoms with van der Waals surface area (Å²) in [6.07, 6.45) is 0.881. The third-order valence-electron chi connectivity index (χ3n) is 3.55. The monoisotopic (exact) mass is 451 g/mol. The number of benzene rings is 2. The number of halogens is 1. The van der Waals surface area contributed by atoms with Crippen LogP contribution in [0.15, 0.2) is 40.9 Å². The van der Waals surface area contributed by atoms with Crippen LogP contribution in [0.25, 0.3) is 0 Å². The first-order chi connectivity index (χ1) is 12.8. The highest BCUT2D eigenvalue weighted by Crippen LogP contribution is 2.26. The minimum Gasteiger partial charge on any atom is -0.492 e. The van der Waals surface area contributed by atoms with Gasteiger partial charge >= 0.3 is 0 Å². The van der Waals surface area contributed by atoms with Crippen LogP contribution in [0.5, 0.6) is 5.75 Å². The maximum absolute atomic E-state index is 12.3. The quantitative estimate of drug-likeness (QED) is 0.379.